The van der Waals surface area contributed by atoms with E-state index in [1.165, 1.54) is 5.56 Å². The van der Waals surface area contributed by atoms with Gasteiger partial charge in [0.05, 0.1) is 17.2 Å². The van der Waals surface area contributed by atoms with E-state index in [0.717, 1.165) is 12.2 Å². The number of aryl methyl sites for hydroxylation is 1. The predicted octanol–water partition coefficient (Wildman–Crippen LogP) is 4.25. The molecule has 2 aromatic rings. The van der Waals surface area contributed by atoms with Crippen molar-refractivity contribution in [3.63, 3.8) is 0 Å². The van der Waals surface area contributed by atoms with Crippen molar-refractivity contribution >= 4 is 46.3 Å². The minimum atomic E-state index is -0.436. The van der Waals surface area contributed by atoms with Crippen LogP contribution in [-0.2, 0) is 4.74 Å². The molecule has 0 saturated heterocycles. The van der Waals surface area contributed by atoms with E-state index in [4.69, 9.17) is 28.6 Å². The fourth-order valence-corrected chi connectivity index (χ4v) is 2.89. The van der Waals surface area contributed by atoms with Crippen LogP contribution in [0.5, 0.6) is 0 Å². The first kappa shape index (κ1) is 21.0. The summed E-state index contributed by atoms with van der Waals surface area (Å²) in [7, 11) is 2.04. The van der Waals surface area contributed by atoms with Gasteiger partial charge in [-0.05, 0) is 56.4 Å². The van der Waals surface area contributed by atoms with E-state index >= 15 is 0 Å². The Bertz CT molecular complexity index is 796. The smallest absolute Gasteiger partial charge is 0.339 e. The van der Waals surface area contributed by atoms with Gasteiger partial charge in [-0.25, -0.2) is 4.79 Å². The minimum Gasteiger partial charge on any atom is -0.462 e. The van der Waals surface area contributed by atoms with Gasteiger partial charge in [0.15, 0.2) is 5.11 Å². The summed E-state index contributed by atoms with van der Waals surface area (Å²) < 4.78 is 4.96. The third kappa shape index (κ3) is 6.41. The lowest BCUT2D eigenvalue weighted by molar-refractivity contribution is 0.0526. The molecule has 0 bridgehead atoms. The topological polar surface area (TPSA) is 53.6 Å². The molecule has 0 radical (unpaired) electrons. The molecule has 0 fully saturated rings. The number of nitrogens with one attached hydrogen (secondary N) is 2. The SMILES string of the molecule is CCOC(=O)c1ccc(NC(=S)NCCN(C)c2ccc(C)cc2)cc1Cl. The first-order valence-electron chi connectivity index (χ1n) is 8.70. The average Bonchev–Trinajstić information content (AvgIpc) is 2.62. The summed E-state index contributed by atoms with van der Waals surface area (Å²) in [6, 6.07) is 13.4. The van der Waals surface area contributed by atoms with Gasteiger partial charge >= 0.3 is 5.97 Å². The van der Waals surface area contributed by atoms with Crippen molar-refractivity contribution in [3.05, 3.63) is 58.6 Å². The molecule has 27 heavy (non-hydrogen) atoms. The molecule has 0 aliphatic heterocycles. The molecule has 0 amide bonds. The quantitative estimate of drug-likeness (QED) is 0.530. The fourth-order valence-electron chi connectivity index (χ4n) is 2.41. The number of thiocarbonyl (C=S) groups is 1. The second-order valence-corrected chi connectivity index (χ2v) is 6.87. The lowest BCUT2D eigenvalue weighted by Gasteiger charge is -2.20. The fraction of sp³-hybridized carbons (Fsp3) is 0.300. The third-order valence-electron chi connectivity index (χ3n) is 3.93. The summed E-state index contributed by atoms with van der Waals surface area (Å²) in [5.41, 5.74) is 3.44. The van der Waals surface area contributed by atoms with E-state index in [0.29, 0.717) is 34.5 Å². The van der Waals surface area contributed by atoms with E-state index in [2.05, 4.69) is 46.7 Å². The molecule has 2 aromatic carbocycles. The Morgan fingerprint density at radius 3 is 2.56 bits per heavy atom. The maximum absolute atomic E-state index is 11.8. The third-order valence-corrected chi connectivity index (χ3v) is 4.49. The number of rotatable bonds is 7. The van der Waals surface area contributed by atoms with Crippen molar-refractivity contribution in [2.75, 3.05) is 37.0 Å². The molecule has 5 nitrogen and oxygen atoms in total. The molecule has 2 N–H and O–H groups in total. The summed E-state index contributed by atoms with van der Waals surface area (Å²) >= 11 is 11.5. The predicted molar refractivity (Wildman–Crippen MR) is 116 cm³/mol. The highest BCUT2D eigenvalue weighted by atomic mass is 35.5. The molecule has 0 unspecified atom stereocenters. The molecular formula is C20H24ClN3O2S. The number of hydrogen-bond donors (Lipinski definition) is 2. The number of carbonyl (C=O) groups is 1. The summed E-state index contributed by atoms with van der Waals surface area (Å²) in [6.45, 7) is 5.61. The Morgan fingerprint density at radius 1 is 1.22 bits per heavy atom. The largest absolute Gasteiger partial charge is 0.462 e. The number of ether oxygens (including phenoxy) is 1. The van der Waals surface area contributed by atoms with Gasteiger partial charge < -0.3 is 20.3 Å². The Balaban J connectivity index is 1.82. The molecule has 7 heteroatoms. The monoisotopic (exact) mass is 405 g/mol. The van der Waals surface area contributed by atoms with E-state index in [9.17, 15) is 4.79 Å². The van der Waals surface area contributed by atoms with Crippen molar-refractivity contribution in [1.82, 2.24) is 5.32 Å². The van der Waals surface area contributed by atoms with Crippen LogP contribution in [0.15, 0.2) is 42.5 Å². The minimum absolute atomic E-state index is 0.306. The van der Waals surface area contributed by atoms with Gasteiger partial charge in [0.2, 0.25) is 0 Å². The van der Waals surface area contributed by atoms with Crippen LogP contribution in [-0.4, -0.2) is 37.8 Å². The molecule has 0 aliphatic rings. The normalized spacial score (nSPS) is 10.2. The molecule has 144 valence electrons. The molecular weight excluding hydrogens is 382 g/mol. The summed E-state index contributed by atoms with van der Waals surface area (Å²) in [6.07, 6.45) is 0. The van der Waals surface area contributed by atoms with Crippen molar-refractivity contribution in [2.24, 2.45) is 0 Å². The Hall–Kier alpha value is -2.31. The zero-order valence-corrected chi connectivity index (χ0v) is 17.3. The molecule has 0 saturated carbocycles. The molecule has 0 heterocycles. The van der Waals surface area contributed by atoms with Crippen LogP contribution in [0.4, 0.5) is 11.4 Å². The second-order valence-electron chi connectivity index (χ2n) is 6.05. The zero-order valence-electron chi connectivity index (χ0n) is 15.7. The molecule has 2 rings (SSSR count). The highest BCUT2D eigenvalue weighted by molar-refractivity contribution is 7.80. The zero-order chi connectivity index (χ0) is 19.8. The van der Waals surface area contributed by atoms with Crippen LogP contribution in [0.25, 0.3) is 0 Å². The Morgan fingerprint density at radius 2 is 1.93 bits per heavy atom. The molecule has 0 aromatic heterocycles. The average molecular weight is 406 g/mol. The number of benzene rings is 2. The molecule has 0 aliphatic carbocycles. The highest BCUT2D eigenvalue weighted by Gasteiger charge is 2.12. The van der Waals surface area contributed by atoms with Crippen molar-refractivity contribution < 1.29 is 9.53 Å². The number of likely N-dealkylation sites (N-methyl/N-ethyl adjacent to an activating group) is 1. The first-order chi connectivity index (χ1) is 12.9. The number of halogens is 1. The van der Waals surface area contributed by atoms with E-state index in [1.807, 2.05) is 7.05 Å². The number of hydrogen-bond acceptors (Lipinski definition) is 4. The van der Waals surface area contributed by atoms with Gasteiger partial charge in [-0.1, -0.05) is 29.3 Å². The van der Waals surface area contributed by atoms with Crippen molar-refractivity contribution in [1.29, 1.82) is 0 Å². The molecule has 0 atom stereocenters. The molecule has 0 spiro atoms. The van der Waals surface area contributed by atoms with Crippen molar-refractivity contribution in [2.45, 2.75) is 13.8 Å². The lowest BCUT2D eigenvalue weighted by atomic mass is 10.2. The highest BCUT2D eigenvalue weighted by Crippen LogP contribution is 2.22. The van der Waals surface area contributed by atoms with Crippen LogP contribution in [0.1, 0.15) is 22.8 Å². The summed E-state index contributed by atoms with van der Waals surface area (Å²) in [5, 5.41) is 7.04. The van der Waals surface area contributed by atoms with Gasteiger partial charge in [-0.15, -0.1) is 0 Å². The summed E-state index contributed by atoms with van der Waals surface area (Å²) in [4.78, 5) is 13.9. The van der Waals surface area contributed by atoms with Gasteiger partial charge in [0, 0.05) is 31.5 Å². The number of anilines is 2. The van der Waals surface area contributed by atoms with Gasteiger partial charge in [-0.2, -0.15) is 0 Å². The maximum Gasteiger partial charge on any atom is 0.339 e. The Kier molecular flexibility index (Phi) is 7.88. The van der Waals surface area contributed by atoms with Crippen LogP contribution in [0.3, 0.4) is 0 Å². The number of esters is 1. The van der Waals surface area contributed by atoms with E-state index in [-0.39, 0.29) is 0 Å². The van der Waals surface area contributed by atoms with E-state index in [1.54, 1.807) is 25.1 Å². The van der Waals surface area contributed by atoms with Crippen molar-refractivity contribution in [3.8, 4) is 0 Å². The standard InChI is InChI=1S/C20H24ClN3O2S/c1-4-26-19(25)17-10-7-15(13-18(17)21)23-20(27)22-11-12-24(3)16-8-5-14(2)6-9-16/h5-10,13H,4,11-12H2,1-3H3,(H2,22,23,27). The van der Waals surface area contributed by atoms with Crippen LogP contribution >= 0.6 is 23.8 Å². The number of nitrogens with zero attached hydrogens (tertiary/aromatic N) is 1. The van der Waals surface area contributed by atoms with Gasteiger partial charge in [-0.3, -0.25) is 0 Å². The van der Waals surface area contributed by atoms with Crippen LogP contribution in [0, 0.1) is 6.92 Å². The number of carbonyl (C=O) groups excluding carboxylic acids is 1. The van der Waals surface area contributed by atoms with Crippen LogP contribution in [0.2, 0.25) is 5.02 Å². The van der Waals surface area contributed by atoms with Crippen LogP contribution < -0.4 is 15.5 Å². The maximum atomic E-state index is 11.8. The summed E-state index contributed by atoms with van der Waals surface area (Å²) in [5.74, 6) is -0.436. The van der Waals surface area contributed by atoms with E-state index < -0.39 is 5.97 Å². The van der Waals surface area contributed by atoms with Gasteiger partial charge in [0.1, 0.15) is 0 Å². The Labute approximate surface area is 170 Å². The lowest BCUT2D eigenvalue weighted by Crippen LogP contribution is -2.35. The first-order valence-corrected chi connectivity index (χ1v) is 9.48. The second kappa shape index (κ2) is 10.1. The van der Waals surface area contributed by atoms with Gasteiger partial charge in [0.25, 0.3) is 0 Å².